The molecule has 0 aromatic heterocycles. The van der Waals surface area contributed by atoms with Crippen LogP contribution in [0.3, 0.4) is 0 Å². The highest BCUT2D eigenvalue weighted by Gasteiger charge is 2.26. The monoisotopic (exact) mass is 468 g/mol. The van der Waals surface area contributed by atoms with Crippen LogP contribution in [-0.4, -0.2) is 48.3 Å². The zero-order valence-electron chi connectivity index (χ0n) is 15.6. The molecule has 9 heteroatoms. The topological polar surface area (TPSA) is 76.7 Å². The molecule has 2 N–H and O–H groups in total. The van der Waals surface area contributed by atoms with Crippen molar-refractivity contribution in [3.05, 3.63) is 33.3 Å². The molecule has 0 aliphatic heterocycles. The number of carbonyl (C=O) groups is 1. The van der Waals surface area contributed by atoms with Crippen molar-refractivity contribution >= 4 is 44.5 Å². The molecule has 1 aromatic carbocycles. The van der Waals surface area contributed by atoms with Gasteiger partial charge in [-0.05, 0) is 44.5 Å². The van der Waals surface area contributed by atoms with E-state index in [1.807, 2.05) is 26.8 Å². The van der Waals surface area contributed by atoms with Crippen LogP contribution in [0.25, 0.3) is 0 Å². The van der Waals surface area contributed by atoms with Crippen molar-refractivity contribution in [2.45, 2.75) is 37.6 Å². The van der Waals surface area contributed by atoms with Crippen molar-refractivity contribution in [3.8, 4) is 0 Å². The highest BCUT2D eigenvalue weighted by Crippen LogP contribution is 2.25. The van der Waals surface area contributed by atoms with Crippen molar-refractivity contribution < 1.29 is 18.5 Å². The van der Waals surface area contributed by atoms with Crippen LogP contribution >= 0.6 is 27.5 Å². The van der Waals surface area contributed by atoms with E-state index in [1.54, 1.807) is 12.1 Å². The summed E-state index contributed by atoms with van der Waals surface area (Å²) in [7, 11) is 1.53. The highest BCUT2D eigenvalue weighted by molar-refractivity contribution is 9.10. The van der Waals surface area contributed by atoms with Crippen molar-refractivity contribution in [3.63, 3.8) is 0 Å². The van der Waals surface area contributed by atoms with Crippen LogP contribution in [0.15, 0.2) is 22.7 Å². The predicted octanol–water partition coefficient (Wildman–Crippen LogP) is 2.97. The van der Waals surface area contributed by atoms with Gasteiger partial charge in [-0.25, -0.2) is 8.93 Å². The minimum absolute atomic E-state index is 0.168. The van der Waals surface area contributed by atoms with Crippen LogP contribution in [-0.2, 0) is 25.3 Å². The number of hydrogen-bond donors (Lipinski definition) is 2. The zero-order chi connectivity index (χ0) is 19.9. The average molecular weight is 470 g/mol. The first-order valence-electron chi connectivity index (χ1n) is 8.02. The van der Waals surface area contributed by atoms with Crippen LogP contribution in [0.2, 0.25) is 5.02 Å². The maximum Gasteiger partial charge on any atom is 0.325 e. The third-order valence-corrected chi connectivity index (χ3v) is 5.77. The molecule has 0 aliphatic rings. The summed E-state index contributed by atoms with van der Waals surface area (Å²) in [6.45, 7) is 6.16. The molecule has 148 valence electrons. The molecule has 0 heterocycles. The number of benzene rings is 1. The van der Waals surface area contributed by atoms with Crippen molar-refractivity contribution in [2.24, 2.45) is 0 Å². The van der Waals surface area contributed by atoms with E-state index >= 15 is 0 Å². The van der Waals surface area contributed by atoms with Gasteiger partial charge >= 0.3 is 5.97 Å². The number of esters is 1. The summed E-state index contributed by atoms with van der Waals surface area (Å²) in [5.41, 5.74) is 0.843. The van der Waals surface area contributed by atoms with Crippen molar-refractivity contribution in [1.82, 2.24) is 10.0 Å². The molecule has 0 bridgehead atoms. The summed E-state index contributed by atoms with van der Waals surface area (Å²) >= 11 is 9.58. The molecule has 0 saturated carbocycles. The average Bonchev–Trinajstić information content (AvgIpc) is 2.54. The maximum absolute atomic E-state index is 12.6. The van der Waals surface area contributed by atoms with Crippen LogP contribution in [0.1, 0.15) is 32.4 Å². The normalized spacial score (nSPS) is 15.3. The molecule has 6 nitrogen and oxygen atoms in total. The van der Waals surface area contributed by atoms with E-state index < -0.39 is 27.7 Å². The molecule has 0 spiro atoms. The molecule has 1 unspecified atom stereocenters. The third kappa shape index (κ3) is 7.62. The minimum Gasteiger partial charge on any atom is -0.468 e. The summed E-state index contributed by atoms with van der Waals surface area (Å²) in [6, 6.07) is 4.51. The molecule has 0 fully saturated rings. The van der Waals surface area contributed by atoms with Gasteiger partial charge in [-0.1, -0.05) is 27.5 Å². The molecule has 26 heavy (non-hydrogen) atoms. The standard InChI is InChI=1S/C17H26BrClN2O4S/c1-17(2,3)26(23)21-14(11-6-12(18)8-13(19)7-11)9-20-15(10-24-4)16(22)25-5/h6-8,14-15,20-21H,9-10H2,1-5H3/t14-,15?,26+/m0/s1. The van der Waals surface area contributed by atoms with Gasteiger partial charge in [0.15, 0.2) is 0 Å². The van der Waals surface area contributed by atoms with Crippen molar-refractivity contribution in [1.29, 1.82) is 0 Å². The lowest BCUT2D eigenvalue weighted by molar-refractivity contribution is -0.144. The number of nitrogens with one attached hydrogen (secondary N) is 2. The van der Waals surface area contributed by atoms with E-state index in [9.17, 15) is 9.00 Å². The first-order valence-corrected chi connectivity index (χ1v) is 10.3. The fourth-order valence-electron chi connectivity index (χ4n) is 2.09. The molecule has 1 aromatic rings. The SMILES string of the molecule is COCC(NC[C@H](N[S@](=O)C(C)(C)C)c1cc(Cl)cc(Br)c1)C(=O)OC. The van der Waals surface area contributed by atoms with E-state index in [4.69, 9.17) is 21.1 Å². The fraction of sp³-hybridized carbons (Fsp3) is 0.588. The Bertz CT molecular complexity index is 619. The summed E-state index contributed by atoms with van der Waals surface area (Å²) < 4.78 is 25.9. The van der Waals surface area contributed by atoms with Crippen LogP contribution in [0.4, 0.5) is 0 Å². The molecule has 3 atom stereocenters. The Morgan fingerprint density at radius 2 is 1.96 bits per heavy atom. The number of rotatable bonds is 9. The van der Waals surface area contributed by atoms with E-state index in [2.05, 4.69) is 26.0 Å². The Labute approximate surface area is 171 Å². The van der Waals surface area contributed by atoms with Gasteiger partial charge in [0, 0.05) is 23.1 Å². The maximum atomic E-state index is 12.6. The number of hydrogen-bond acceptors (Lipinski definition) is 5. The molecular weight excluding hydrogens is 444 g/mol. The Hall–Kier alpha value is -0.510. The first-order chi connectivity index (χ1) is 12.1. The smallest absolute Gasteiger partial charge is 0.325 e. The first kappa shape index (κ1) is 23.5. The predicted molar refractivity (Wildman–Crippen MR) is 109 cm³/mol. The second-order valence-corrected chi connectivity index (χ2v) is 10.0. The third-order valence-electron chi connectivity index (χ3n) is 3.48. The lowest BCUT2D eigenvalue weighted by Gasteiger charge is -2.26. The Morgan fingerprint density at radius 1 is 1.31 bits per heavy atom. The summed E-state index contributed by atoms with van der Waals surface area (Å²) in [6.07, 6.45) is 0. The lowest BCUT2D eigenvalue weighted by Crippen LogP contribution is -2.46. The summed E-state index contributed by atoms with van der Waals surface area (Å²) in [5.74, 6) is -0.421. The van der Waals surface area contributed by atoms with Gasteiger partial charge < -0.3 is 14.8 Å². The molecule has 0 aliphatic carbocycles. The summed E-state index contributed by atoms with van der Waals surface area (Å²) in [5, 5.41) is 3.67. The van der Waals surface area contributed by atoms with Gasteiger partial charge in [-0.2, -0.15) is 0 Å². The number of carbonyl (C=O) groups excluding carboxylic acids is 1. The Morgan fingerprint density at radius 3 is 2.46 bits per heavy atom. The number of methoxy groups -OCH3 is 2. The molecular formula is C17H26BrClN2O4S. The second kappa shape index (κ2) is 10.7. The lowest BCUT2D eigenvalue weighted by atomic mass is 10.1. The Balaban J connectivity index is 3.03. The van der Waals surface area contributed by atoms with E-state index in [-0.39, 0.29) is 12.6 Å². The number of ether oxygens (including phenoxy) is 2. The molecule has 0 radical (unpaired) electrons. The zero-order valence-corrected chi connectivity index (χ0v) is 18.8. The van der Waals surface area contributed by atoms with Gasteiger partial charge in [0.05, 0.1) is 35.5 Å². The van der Waals surface area contributed by atoms with E-state index in [0.717, 1.165) is 10.0 Å². The molecule has 0 amide bonds. The number of halogens is 2. The van der Waals surface area contributed by atoms with E-state index in [0.29, 0.717) is 11.6 Å². The van der Waals surface area contributed by atoms with Gasteiger partial charge in [0.2, 0.25) is 0 Å². The van der Waals surface area contributed by atoms with Gasteiger partial charge in [-0.3, -0.25) is 4.79 Å². The minimum atomic E-state index is -1.31. The van der Waals surface area contributed by atoms with Crippen LogP contribution in [0, 0.1) is 0 Å². The van der Waals surface area contributed by atoms with Gasteiger partial charge in [0.25, 0.3) is 0 Å². The summed E-state index contributed by atoms with van der Waals surface area (Å²) in [4.78, 5) is 11.9. The highest BCUT2D eigenvalue weighted by atomic mass is 79.9. The van der Waals surface area contributed by atoms with Crippen LogP contribution < -0.4 is 10.0 Å². The van der Waals surface area contributed by atoms with Crippen LogP contribution in [0.5, 0.6) is 0 Å². The quantitative estimate of drug-likeness (QED) is 0.544. The second-order valence-electron chi connectivity index (χ2n) is 6.69. The molecule has 0 saturated heterocycles. The van der Waals surface area contributed by atoms with E-state index in [1.165, 1.54) is 14.2 Å². The fourth-order valence-corrected chi connectivity index (χ4v) is 3.81. The van der Waals surface area contributed by atoms with Gasteiger partial charge in [-0.15, -0.1) is 0 Å². The van der Waals surface area contributed by atoms with Crippen molar-refractivity contribution in [2.75, 3.05) is 27.4 Å². The largest absolute Gasteiger partial charge is 0.468 e. The Kier molecular flexibility index (Phi) is 9.71. The van der Waals surface area contributed by atoms with Gasteiger partial charge in [0.1, 0.15) is 6.04 Å². The molecule has 1 rings (SSSR count).